The van der Waals surface area contributed by atoms with Crippen LogP contribution in [0.1, 0.15) is 24.4 Å². The Morgan fingerprint density at radius 1 is 1.56 bits per heavy atom. The number of hydrogen-bond donors (Lipinski definition) is 1. The Balaban J connectivity index is 1.98. The van der Waals surface area contributed by atoms with Crippen molar-refractivity contribution >= 4 is 5.91 Å². The third kappa shape index (κ3) is 1.97. The van der Waals surface area contributed by atoms with Crippen LogP contribution in [0.3, 0.4) is 0 Å². The summed E-state index contributed by atoms with van der Waals surface area (Å²) in [5.74, 6) is 1.64. The van der Waals surface area contributed by atoms with E-state index < -0.39 is 5.41 Å². The van der Waals surface area contributed by atoms with Crippen LogP contribution in [-0.4, -0.2) is 29.6 Å². The van der Waals surface area contributed by atoms with Gasteiger partial charge in [0.1, 0.15) is 11.5 Å². The second kappa shape index (κ2) is 3.94. The third-order valence-corrected chi connectivity index (χ3v) is 3.15. The van der Waals surface area contributed by atoms with Crippen LogP contribution in [0.25, 0.3) is 0 Å². The van der Waals surface area contributed by atoms with E-state index in [9.17, 15) is 9.90 Å². The maximum absolute atomic E-state index is 12.0. The number of aliphatic hydroxyl groups excluding tert-OH is 1. The molecule has 1 aliphatic carbocycles. The van der Waals surface area contributed by atoms with Gasteiger partial charge in [-0.2, -0.15) is 0 Å². The van der Waals surface area contributed by atoms with Crippen LogP contribution in [0.5, 0.6) is 0 Å². The second-order valence-corrected chi connectivity index (χ2v) is 4.61. The highest BCUT2D eigenvalue weighted by Crippen LogP contribution is 2.46. The molecule has 1 aliphatic rings. The number of hydrogen-bond acceptors (Lipinski definition) is 3. The summed E-state index contributed by atoms with van der Waals surface area (Å²) in [7, 11) is 1.75. The molecule has 0 atom stereocenters. The Labute approximate surface area is 94.9 Å². The average molecular weight is 223 g/mol. The fourth-order valence-electron chi connectivity index (χ4n) is 1.87. The van der Waals surface area contributed by atoms with Gasteiger partial charge >= 0.3 is 0 Å². The van der Waals surface area contributed by atoms with Gasteiger partial charge in [-0.25, -0.2) is 0 Å². The van der Waals surface area contributed by atoms with Crippen molar-refractivity contribution in [1.82, 2.24) is 4.90 Å². The van der Waals surface area contributed by atoms with Gasteiger partial charge in [-0.15, -0.1) is 0 Å². The van der Waals surface area contributed by atoms with E-state index in [1.54, 1.807) is 11.9 Å². The van der Waals surface area contributed by atoms with Crippen molar-refractivity contribution < 1.29 is 14.3 Å². The Hall–Kier alpha value is -1.29. The van der Waals surface area contributed by atoms with Crippen molar-refractivity contribution in [2.45, 2.75) is 26.3 Å². The molecular formula is C12H17NO3. The summed E-state index contributed by atoms with van der Waals surface area (Å²) in [5.41, 5.74) is -0.490. The van der Waals surface area contributed by atoms with E-state index in [-0.39, 0.29) is 12.5 Å². The number of nitrogens with zero attached hydrogens (tertiary/aromatic N) is 1. The Morgan fingerprint density at radius 3 is 2.69 bits per heavy atom. The first-order valence-electron chi connectivity index (χ1n) is 5.49. The van der Waals surface area contributed by atoms with Crippen molar-refractivity contribution in [2.75, 3.05) is 13.7 Å². The van der Waals surface area contributed by atoms with Crippen molar-refractivity contribution in [1.29, 1.82) is 0 Å². The number of furan rings is 1. The third-order valence-electron chi connectivity index (χ3n) is 3.15. The molecule has 0 saturated heterocycles. The number of carbonyl (C=O) groups excluding carboxylic acids is 1. The first kappa shape index (κ1) is 11.2. The molecule has 1 amide bonds. The van der Waals surface area contributed by atoms with Crippen LogP contribution < -0.4 is 0 Å². The molecule has 16 heavy (non-hydrogen) atoms. The molecule has 2 rings (SSSR count). The fraction of sp³-hybridized carbons (Fsp3) is 0.583. The van der Waals surface area contributed by atoms with Crippen LogP contribution in [0.4, 0.5) is 0 Å². The zero-order valence-electron chi connectivity index (χ0n) is 9.69. The molecule has 1 aromatic rings. The Morgan fingerprint density at radius 2 is 2.25 bits per heavy atom. The van der Waals surface area contributed by atoms with Gasteiger partial charge in [0.2, 0.25) is 5.91 Å². The van der Waals surface area contributed by atoms with Crippen molar-refractivity contribution in [3.8, 4) is 0 Å². The van der Waals surface area contributed by atoms with Gasteiger partial charge in [0.25, 0.3) is 0 Å². The maximum Gasteiger partial charge on any atom is 0.231 e. The van der Waals surface area contributed by atoms with Crippen molar-refractivity contribution in [3.63, 3.8) is 0 Å². The van der Waals surface area contributed by atoms with Crippen LogP contribution in [-0.2, 0) is 11.3 Å². The number of aliphatic hydroxyl groups is 1. The van der Waals surface area contributed by atoms with Gasteiger partial charge in [-0.1, -0.05) is 0 Å². The summed E-state index contributed by atoms with van der Waals surface area (Å²) in [4.78, 5) is 13.6. The van der Waals surface area contributed by atoms with Gasteiger partial charge in [-0.3, -0.25) is 4.79 Å². The van der Waals surface area contributed by atoms with Gasteiger partial charge in [0.15, 0.2) is 0 Å². The summed E-state index contributed by atoms with van der Waals surface area (Å²) >= 11 is 0. The normalized spacial score (nSPS) is 17.2. The largest absolute Gasteiger partial charge is 0.464 e. The molecule has 0 spiro atoms. The number of amides is 1. The van der Waals surface area contributed by atoms with Gasteiger partial charge < -0.3 is 14.4 Å². The number of rotatable bonds is 4. The minimum absolute atomic E-state index is 0.0176. The highest BCUT2D eigenvalue weighted by molar-refractivity contribution is 5.85. The molecule has 0 unspecified atom stereocenters. The second-order valence-electron chi connectivity index (χ2n) is 4.61. The molecule has 88 valence electrons. The summed E-state index contributed by atoms with van der Waals surface area (Å²) in [6, 6.07) is 3.75. The smallest absolute Gasteiger partial charge is 0.231 e. The number of carbonyl (C=O) groups is 1. The lowest BCUT2D eigenvalue weighted by atomic mass is 10.1. The Kier molecular flexibility index (Phi) is 2.76. The van der Waals surface area contributed by atoms with Crippen LogP contribution in [0.2, 0.25) is 0 Å². The van der Waals surface area contributed by atoms with E-state index in [2.05, 4.69) is 0 Å². The molecule has 1 heterocycles. The predicted octanol–water partition coefficient (Wildman–Crippen LogP) is 1.32. The number of aryl methyl sites for hydroxylation is 1. The average Bonchev–Trinajstić information content (AvgIpc) is 2.97. The first-order valence-corrected chi connectivity index (χ1v) is 5.49. The SMILES string of the molecule is Cc1ccc(CN(C)C(=O)C2(CO)CC2)o1. The summed E-state index contributed by atoms with van der Waals surface area (Å²) in [5, 5.41) is 9.18. The van der Waals surface area contributed by atoms with Crippen molar-refractivity contribution in [3.05, 3.63) is 23.7 Å². The molecule has 4 heteroatoms. The van der Waals surface area contributed by atoms with Crippen LogP contribution in [0.15, 0.2) is 16.5 Å². The first-order chi connectivity index (χ1) is 7.57. The van der Waals surface area contributed by atoms with E-state index in [1.165, 1.54) is 0 Å². The predicted molar refractivity (Wildman–Crippen MR) is 58.7 cm³/mol. The highest BCUT2D eigenvalue weighted by Gasteiger charge is 2.50. The lowest BCUT2D eigenvalue weighted by molar-refractivity contribution is -0.137. The monoisotopic (exact) mass is 223 g/mol. The summed E-state index contributed by atoms with van der Waals surface area (Å²) in [6.07, 6.45) is 1.59. The molecule has 1 saturated carbocycles. The van der Waals surface area contributed by atoms with E-state index in [0.29, 0.717) is 6.54 Å². The summed E-state index contributed by atoms with van der Waals surface area (Å²) in [6.45, 7) is 2.29. The van der Waals surface area contributed by atoms with Crippen LogP contribution in [0, 0.1) is 12.3 Å². The molecule has 0 bridgehead atoms. The Bertz CT molecular complexity index is 393. The van der Waals surface area contributed by atoms with Gasteiger partial charge in [-0.05, 0) is 31.9 Å². The zero-order valence-corrected chi connectivity index (χ0v) is 9.69. The summed E-state index contributed by atoms with van der Waals surface area (Å²) < 4.78 is 5.41. The molecule has 0 radical (unpaired) electrons. The van der Waals surface area contributed by atoms with E-state index in [1.807, 2.05) is 19.1 Å². The molecular weight excluding hydrogens is 206 g/mol. The van der Waals surface area contributed by atoms with Crippen LogP contribution >= 0.6 is 0 Å². The molecule has 0 aliphatic heterocycles. The molecule has 0 aromatic carbocycles. The molecule has 1 aromatic heterocycles. The maximum atomic E-state index is 12.0. The van der Waals surface area contributed by atoms with Gasteiger partial charge in [0, 0.05) is 7.05 Å². The van der Waals surface area contributed by atoms with Gasteiger partial charge in [0.05, 0.1) is 18.6 Å². The van der Waals surface area contributed by atoms with E-state index in [0.717, 1.165) is 24.4 Å². The molecule has 1 fully saturated rings. The standard InChI is InChI=1S/C12H17NO3/c1-9-3-4-10(16-9)7-13(2)11(15)12(8-14)5-6-12/h3-4,14H,5-8H2,1-2H3. The molecule has 4 nitrogen and oxygen atoms in total. The lowest BCUT2D eigenvalue weighted by Gasteiger charge is -2.21. The van der Waals surface area contributed by atoms with E-state index >= 15 is 0 Å². The van der Waals surface area contributed by atoms with E-state index in [4.69, 9.17) is 4.42 Å². The quantitative estimate of drug-likeness (QED) is 0.837. The minimum atomic E-state index is -0.490. The lowest BCUT2D eigenvalue weighted by Crippen LogP contribution is -2.35. The van der Waals surface area contributed by atoms with Crippen molar-refractivity contribution in [2.24, 2.45) is 5.41 Å². The topological polar surface area (TPSA) is 53.7 Å². The minimum Gasteiger partial charge on any atom is -0.464 e. The molecule has 1 N–H and O–H groups in total. The highest BCUT2D eigenvalue weighted by atomic mass is 16.3. The fourth-order valence-corrected chi connectivity index (χ4v) is 1.87. The zero-order chi connectivity index (χ0) is 11.8.